The topological polar surface area (TPSA) is 29.9 Å². The van der Waals surface area contributed by atoms with Crippen molar-refractivity contribution < 1.29 is 4.39 Å². The minimum Gasteiger partial charge on any atom is -0.321 e. The third-order valence-corrected chi connectivity index (χ3v) is 3.32. The number of rotatable bonds is 4. The molecule has 0 fully saturated rings. The van der Waals surface area contributed by atoms with Gasteiger partial charge in [0.1, 0.15) is 16.8 Å². The number of halogens is 2. The van der Waals surface area contributed by atoms with Crippen LogP contribution < -0.4 is 5.32 Å². The van der Waals surface area contributed by atoms with E-state index in [-0.39, 0.29) is 11.9 Å². The van der Waals surface area contributed by atoms with E-state index in [2.05, 4.69) is 10.3 Å². The van der Waals surface area contributed by atoms with Gasteiger partial charge in [0, 0.05) is 13.1 Å². The lowest BCUT2D eigenvalue weighted by Crippen LogP contribution is -2.20. The number of benzene rings is 1. The van der Waals surface area contributed by atoms with Gasteiger partial charge >= 0.3 is 0 Å². The Morgan fingerprint density at radius 2 is 2.06 bits per heavy atom. The van der Waals surface area contributed by atoms with E-state index < -0.39 is 0 Å². The smallest absolute Gasteiger partial charge is 0.128 e. The van der Waals surface area contributed by atoms with E-state index in [1.807, 2.05) is 18.5 Å². The predicted molar refractivity (Wildman–Crippen MR) is 69.9 cm³/mol. The Bertz CT molecular complexity index is 522. The molecule has 18 heavy (non-hydrogen) atoms. The van der Waals surface area contributed by atoms with Crippen molar-refractivity contribution in [1.29, 1.82) is 0 Å². The molecule has 0 amide bonds. The van der Waals surface area contributed by atoms with Crippen LogP contribution in [-0.2, 0) is 13.6 Å². The Morgan fingerprint density at radius 1 is 1.39 bits per heavy atom. The number of nitrogens with zero attached hydrogens (tertiary/aromatic N) is 2. The second-order valence-corrected chi connectivity index (χ2v) is 4.60. The zero-order valence-corrected chi connectivity index (χ0v) is 11.1. The van der Waals surface area contributed by atoms with Gasteiger partial charge in [-0.2, -0.15) is 0 Å². The lowest BCUT2D eigenvalue weighted by atomic mass is 10.1. The van der Waals surface area contributed by atoms with Gasteiger partial charge < -0.3 is 9.88 Å². The lowest BCUT2D eigenvalue weighted by Gasteiger charge is -2.14. The zero-order chi connectivity index (χ0) is 13.1. The Labute approximate surface area is 111 Å². The normalized spacial score (nSPS) is 12.7. The first-order chi connectivity index (χ1) is 8.58. The van der Waals surface area contributed by atoms with Crippen LogP contribution in [0.15, 0.2) is 30.5 Å². The van der Waals surface area contributed by atoms with Crippen LogP contribution >= 0.6 is 11.6 Å². The van der Waals surface area contributed by atoms with Gasteiger partial charge in [-0.1, -0.05) is 23.7 Å². The van der Waals surface area contributed by atoms with E-state index in [0.29, 0.717) is 11.7 Å². The molecule has 3 nitrogen and oxygen atoms in total. The fourth-order valence-corrected chi connectivity index (χ4v) is 1.85. The molecule has 0 aliphatic rings. The molecule has 1 aromatic heterocycles. The maximum absolute atomic E-state index is 12.8. The van der Waals surface area contributed by atoms with Crippen molar-refractivity contribution in [3.63, 3.8) is 0 Å². The van der Waals surface area contributed by atoms with Crippen LogP contribution in [0, 0.1) is 5.82 Å². The van der Waals surface area contributed by atoms with Crippen molar-refractivity contribution in [1.82, 2.24) is 14.9 Å². The highest BCUT2D eigenvalue weighted by atomic mass is 35.5. The number of hydrogen-bond acceptors (Lipinski definition) is 2. The van der Waals surface area contributed by atoms with Gasteiger partial charge in [-0.05, 0) is 24.6 Å². The average molecular weight is 268 g/mol. The summed E-state index contributed by atoms with van der Waals surface area (Å²) in [4.78, 5) is 4.20. The molecule has 0 saturated heterocycles. The molecule has 1 N–H and O–H groups in total. The molecule has 0 aliphatic carbocycles. The quantitative estimate of drug-likeness (QED) is 0.923. The Balaban J connectivity index is 1.98. The molecule has 0 bridgehead atoms. The number of nitrogens with one attached hydrogen (secondary N) is 1. The standard InChI is InChI=1S/C13H15ClFN3/c1-9(10-3-5-11(15)6-4-10)16-8-13-17-7-12(14)18(13)2/h3-7,9,16H,8H2,1-2H3/t9-/m1/s1. The van der Waals surface area contributed by atoms with Gasteiger partial charge in [0.25, 0.3) is 0 Å². The van der Waals surface area contributed by atoms with Gasteiger partial charge in [0.15, 0.2) is 0 Å². The van der Waals surface area contributed by atoms with Crippen LogP contribution in [0.4, 0.5) is 4.39 Å². The van der Waals surface area contributed by atoms with Crippen molar-refractivity contribution in [3.05, 3.63) is 52.8 Å². The predicted octanol–water partition coefficient (Wildman–Crippen LogP) is 3.06. The molecule has 1 heterocycles. The maximum Gasteiger partial charge on any atom is 0.128 e. The highest BCUT2D eigenvalue weighted by Crippen LogP contribution is 2.14. The van der Waals surface area contributed by atoms with E-state index in [4.69, 9.17) is 11.6 Å². The Hall–Kier alpha value is -1.39. The number of aromatic nitrogens is 2. The minimum absolute atomic E-state index is 0.126. The molecule has 0 radical (unpaired) electrons. The molecule has 0 spiro atoms. The zero-order valence-electron chi connectivity index (χ0n) is 10.3. The first kappa shape index (κ1) is 13.1. The summed E-state index contributed by atoms with van der Waals surface area (Å²) in [5.74, 6) is 0.649. The highest BCUT2D eigenvalue weighted by Gasteiger charge is 2.08. The third kappa shape index (κ3) is 2.89. The molecular formula is C13H15ClFN3. The monoisotopic (exact) mass is 267 g/mol. The van der Waals surface area contributed by atoms with E-state index >= 15 is 0 Å². The van der Waals surface area contributed by atoms with Gasteiger partial charge in [0.05, 0.1) is 12.7 Å². The molecule has 2 rings (SSSR count). The first-order valence-electron chi connectivity index (χ1n) is 5.73. The molecule has 1 atom stereocenters. The van der Waals surface area contributed by atoms with Crippen molar-refractivity contribution in [2.24, 2.45) is 7.05 Å². The summed E-state index contributed by atoms with van der Waals surface area (Å²) >= 11 is 5.91. The van der Waals surface area contributed by atoms with Gasteiger partial charge in [-0.3, -0.25) is 0 Å². The minimum atomic E-state index is -0.221. The molecule has 96 valence electrons. The van der Waals surface area contributed by atoms with Gasteiger partial charge in [0.2, 0.25) is 0 Å². The largest absolute Gasteiger partial charge is 0.321 e. The Kier molecular flexibility index (Phi) is 3.99. The van der Waals surface area contributed by atoms with Crippen molar-refractivity contribution in [2.75, 3.05) is 0 Å². The van der Waals surface area contributed by atoms with Crippen LogP contribution in [0.1, 0.15) is 24.4 Å². The third-order valence-electron chi connectivity index (χ3n) is 2.96. The summed E-state index contributed by atoms with van der Waals surface area (Å²) < 4.78 is 14.6. The SMILES string of the molecule is C[C@@H](NCc1ncc(Cl)n1C)c1ccc(F)cc1. The summed E-state index contributed by atoms with van der Waals surface area (Å²) in [7, 11) is 1.87. The summed E-state index contributed by atoms with van der Waals surface area (Å²) in [5.41, 5.74) is 1.04. The molecule has 0 saturated carbocycles. The summed E-state index contributed by atoms with van der Waals surface area (Å²) in [6.45, 7) is 2.64. The van der Waals surface area contributed by atoms with Crippen LogP contribution in [0.3, 0.4) is 0 Å². The van der Waals surface area contributed by atoms with E-state index in [1.54, 1.807) is 18.3 Å². The van der Waals surface area contributed by atoms with Gasteiger partial charge in [-0.15, -0.1) is 0 Å². The van der Waals surface area contributed by atoms with Crippen molar-refractivity contribution in [3.8, 4) is 0 Å². The molecule has 0 unspecified atom stereocenters. The molecule has 5 heteroatoms. The molecule has 0 aliphatic heterocycles. The number of hydrogen-bond donors (Lipinski definition) is 1. The van der Waals surface area contributed by atoms with Crippen LogP contribution in [0.5, 0.6) is 0 Å². The summed E-state index contributed by atoms with van der Waals surface area (Å²) in [5, 5.41) is 3.94. The Morgan fingerprint density at radius 3 is 2.61 bits per heavy atom. The van der Waals surface area contributed by atoms with E-state index in [9.17, 15) is 4.39 Å². The molecular weight excluding hydrogens is 253 g/mol. The molecule has 1 aromatic carbocycles. The van der Waals surface area contributed by atoms with Gasteiger partial charge in [-0.25, -0.2) is 9.37 Å². The fourth-order valence-electron chi connectivity index (χ4n) is 1.70. The lowest BCUT2D eigenvalue weighted by molar-refractivity contribution is 0.547. The summed E-state index contributed by atoms with van der Waals surface area (Å²) in [6.07, 6.45) is 1.63. The van der Waals surface area contributed by atoms with Crippen molar-refractivity contribution in [2.45, 2.75) is 19.5 Å². The van der Waals surface area contributed by atoms with Crippen LogP contribution in [-0.4, -0.2) is 9.55 Å². The second-order valence-electron chi connectivity index (χ2n) is 4.21. The average Bonchev–Trinajstić information content (AvgIpc) is 2.68. The van der Waals surface area contributed by atoms with Crippen LogP contribution in [0.2, 0.25) is 5.15 Å². The van der Waals surface area contributed by atoms with Crippen LogP contribution in [0.25, 0.3) is 0 Å². The van der Waals surface area contributed by atoms with E-state index in [1.165, 1.54) is 12.1 Å². The fraction of sp³-hybridized carbons (Fsp3) is 0.308. The van der Waals surface area contributed by atoms with Crippen molar-refractivity contribution >= 4 is 11.6 Å². The first-order valence-corrected chi connectivity index (χ1v) is 6.10. The molecule has 2 aromatic rings. The van der Waals surface area contributed by atoms with E-state index in [0.717, 1.165) is 11.4 Å². The second kappa shape index (κ2) is 5.50. The highest BCUT2D eigenvalue weighted by molar-refractivity contribution is 6.29. The maximum atomic E-state index is 12.8. The summed E-state index contributed by atoms with van der Waals surface area (Å²) in [6, 6.07) is 6.61. The number of imidazole rings is 1.